The summed E-state index contributed by atoms with van der Waals surface area (Å²) in [6, 6.07) is 3.94. The number of ether oxygens (including phenoxy) is 2. The number of hydrogen-bond donors (Lipinski definition) is 1. The van der Waals surface area contributed by atoms with Gasteiger partial charge in [-0.2, -0.15) is 0 Å². The minimum absolute atomic E-state index is 0.0663. The number of rotatable bonds is 8. The van der Waals surface area contributed by atoms with Gasteiger partial charge in [-0.25, -0.2) is 0 Å². The van der Waals surface area contributed by atoms with Crippen LogP contribution in [0.5, 0.6) is 11.5 Å². The van der Waals surface area contributed by atoms with E-state index in [4.69, 9.17) is 21.1 Å². The molecule has 1 aromatic rings. The standard InChI is InChI=1S/C16H26ClNO2/c1-6-19-15-8-13(10-18-9-11(2)3)7-14(17)16(15)20-12(4)5/h7-8,11-12,18H,6,9-10H2,1-5H3. The molecule has 0 aliphatic carbocycles. The van der Waals surface area contributed by atoms with E-state index in [0.29, 0.717) is 23.3 Å². The first-order valence-corrected chi connectivity index (χ1v) is 7.64. The van der Waals surface area contributed by atoms with Crippen LogP contribution in [0.1, 0.15) is 40.2 Å². The largest absolute Gasteiger partial charge is 0.490 e. The summed E-state index contributed by atoms with van der Waals surface area (Å²) in [4.78, 5) is 0. The molecule has 0 bridgehead atoms. The lowest BCUT2D eigenvalue weighted by Gasteiger charge is -2.17. The Morgan fingerprint density at radius 1 is 1.20 bits per heavy atom. The highest BCUT2D eigenvalue weighted by atomic mass is 35.5. The minimum atomic E-state index is 0.0663. The van der Waals surface area contributed by atoms with Gasteiger partial charge in [-0.1, -0.05) is 25.4 Å². The molecule has 0 saturated heterocycles. The summed E-state index contributed by atoms with van der Waals surface area (Å²) in [5.41, 5.74) is 1.11. The average molecular weight is 300 g/mol. The number of nitrogens with one attached hydrogen (secondary N) is 1. The summed E-state index contributed by atoms with van der Waals surface area (Å²) in [7, 11) is 0. The number of hydrogen-bond acceptors (Lipinski definition) is 3. The third-order valence-electron chi connectivity index (χ3n) is 2.60. The highest BCUT2D eigenvalue weighted by Gasteiger charge is 2.13. The van der Waals surface area contributed by atoms with Crippen molar-refractivity contribution in [3.05, 3.63) is 22.7 Å². The quantitative estimate of drug-likeness (QED) is 0.777. The molecule has 1 N–H and O–H groups in total. The van der Waals surface area contributed by atoms with Crippen molar-refractivity contribution in [1.82, 2.24) is 5.32 Å². The first kappa shape index (κ1) is 17.1. The Kier molecular flexibility index (Phi) is 7.17. The van der Waals surface area contributed by atoms with Gasteiger partial charge in [0.05, 0.1) is 17.7 Å². The zero-order valence-electron chi connectivity index (χ0n) is 13.1. The van der Waals surface area contributed by atoms with E-state index in [2.05, 4.69) is 19.2 Å². The fraction of sp³-hybridized carbons (Fsp3) is 0.625. The van der Waals surface area contributed by atoms with Crippen molar-refractivity contribution in [3.63, 3.8) is 0 Å². The molecule has 0 spiro atoms. The Morgan fingerprint density at radius 2 is 1.90 bits per heavy atom. The van der Waals surface area contributed by atoms with E-state index in [1.807, 2.05) is 32.9 Å². The Morgan fingerprint density at radius 3 is 2.45 bits per heavy atom. The van der Waals surface area contributed by atoms with Gasteiger partial charge in [-0.05, 0) is 50.9 Å². The van der Waals surface area contributed by atoms with Crippen molar-refractivity contribution in [2.45, 2.75) is 47.3 Å². The van der Waals surface area contributed by atoms with Crippen LogP contribution in [-0.2, 0) is 6.54 Å². The lowest BCUT2D eigenvalue weighted by molar-refractivity contribution is 0.224. The number of halogens is 1. The molecule has 0 aromatic heterocycles. The maximum absolute atomic E-state index is 6.32. The van der Waals surface area contributed by atoms with E-state index in [1.165, 1.54) is 0 Å². The normalized spacial score (nSPS) is 11.2. The molecule has 0 unspecified atom stereocenters. The summed E-state index contributed by atoms with van der Waals surface area (Å²) in [5, 5.41) is 4.01. The predicted octanol–water partition coefficient (Wildman–Crippen LogP) is 4.27. The summed E-state index contributed by atoms with van der Waals surface area (Å²) in [6.07, 6.45) is 0.0663. The van der Waals surface area contributed by atoms with Crippen molar-refractivity contribution in [1.29, 1.82) is 0 Å². The molecule has 0 atom stereocenters. The second-order valence-electron chi connectivity index (χ2n) is 5.53. The second kappa shape index (κ2) is 8.38. The zero-order valence-corrected chi connectivity index (χ0v) is 13.9. The molecule has 20 heavy (non-hydrogen) atoms. The van der Waals surface area contributed by atoms with Gasteiger partial charge in [0.2, 0.25) is 0 Å². The molecular formula is C16H26ClNO2. The molecule has 1 rings (SSSR count). The zero-order chi connectivity index (χ0) is 15.1. The third-order valence-corrected chi connectivity index (χ3v) is 2.89. The van der Waals surface area contributed by atoms with E-state index in [1.54, 1.807) is 0 Å². The molecule has 3 nitrogen and oxygen atoms in total. The summed E-state index contributed by atoms with van der Waals surface area (Å²) in [5.74, 6) is 1.98. The van der Waals surface area contributed by atoms with Crippen LogP contribution in [0, 0.1) is 5.92 Å². The molecule has 1 aromatic carbocycles. The SMILES string of the molecule is CCOc1cc(CNCC(C)C)cc(Cl)c1OC(C)C. The monoisotopic (exact) mass is 299 g/mol. The Hall–Kier alpha value is -0.930. The van der Waals surface area contributed by atoms with Crippen molar-refractivity contribution >= 4 is 11.6 Å². The smallest absolute Gasteiger partial charge is 0.180 e. The van der Waals surface area contributed by atoms with Crippen LogP contribution in [-0.4, -0.2) is 19.3 Å². The van der Waals surface area contributed by atoms with Crippen LogP contribution in [0.2, 0.25) is 5.02 Å². The van der Waals surface area contributed by atoms with E-state index in [0.717, 1.165) is 24.4 Å². The van der Waals surface area contributed by atoms with Crippen LogP contribution >= 0.6 is 11.6 Å². The van der Waals surface area contributed by atoms with Crippen LogP contribution in [0.25, 0.3) is 0 Å². The summed E-state index contributed by atoms with van der Waals surface area (Å²) < 4.78 is 11.4. The first-order chi connectivity index (χ1) is 9.43. The second-order valence-corrected chi connectivity index (χ2v) is 5.94. The van der Waals surface area contributed by atoms with Gasteiger partial charge in [0.25, 0.3) is 0 Å². The highest BCUT2D eigenvalue weighted by molar-refractivity contribution is 6.32. The molecule has 4 heteroatoms. The molecular weight excluding hydrogens is 274 g/mol. The van der Waals surface area contributed by atoms with Crippen molar-refractivity contribution in [2.24, 2.45) is 5.92 Å². The van der Waals surface area contributed by atoms with E-state index in [-0.39, 0.29) is 6.10 Å². The van der Waals surface area contributed by atoms with Gasteiger partial charge >= 0.3 is 0 Å². The van der Waals surface area contributed by atoms with Gasteiger partial charge in [-0.3, -0.25) is 0 Å². The average Bonchev–Trinajstić information content (AvgIpc) is 2.33. The molecule has 0 aliphatic heterocycles. The van der Waals surface area contributed by atoms with Gasteiger partial charge in [0.15, 0.2) is 11.5 Å². The number of benzene rings is 1. The van der Waals surface area contributed by atoms with E-state index < -0.39 is 0 Å². The first-order valence-electron chi connectivity index (χ1n) is 7.26. The molecule has 0 heterocycles. The van der Waals surface area contributed by atoms with E-state index >= 15 is 0 Å². The lowest BCUT2D eigenvalue weighted by atomic mass is 10.1. The Labute approximate surface area is 127 Å². The van der Waals surface area contributed by atoms with Crippen LogP contribution in [0.3, 0.4) is 0 Å². The van der Waals surface area contributed by atoms with Crippen molar-refractivity contribution in [2.75, 3.05) is 13.2 Å². The minimum Gasteiger partial charge on any atom is -0.490 e. The maximum Gasteiger partial charge on any atom is 0.180 e. The summed E-state index contributed by atoms with van der Waals surface area (Å²) >= 11 is 6.32. The molecule has 0 fully saturated rings. The molecule has 114 valence electrons. The predicted molar refractivity (Wildman–Crippen MR) is 84.9 cm³/mol. The van der Waals surface area contributed by atoms with Crippen molar-refractivity contribution < 1.29 is 9.47 Å². The van der Waals surface area contributed by atoms with Gasteiger partial charge in [0.1, 0.15) is 0 Å². The van der Waals surface area contributed by atoms with Crippen LogP contribution < -0.4 is 14.8 Å². The fourth-order valence-corrected chi connectivity index (χ4v) is 2.12. The lowest BCUT2D eigenvalue weighted by Crippen LogP contribution is -2.19. The topological polar surface area (TPSA) is 30.5 Å². The fourth-order valence-electron chi connectivity index (χ4n) is 1.84. The molecule has 0 amide bonds. The van der Waals surface area contributed by atoms with Gasteiger partial charge in [-0.15, -0.1) is 0 Å². The van der Waals surface area contributed by atoms with Gasteiger partial charge in [0, 0.05) is 6.54 Å². The van der Waals surface area contributed by atoms with Crippen LogP contribution in [0.4, 0.5) is 0 Å². The summed E-state index contributed by atoms with van der Waals surface area (Å²) in [6.45, 7) is 12.6. The molecule has 0 saturated carbocycles. The highest BCUT2D eigenvalue weighted by Crippen LogP contribution is 2.37. The Balaban J connectivity index is 2.88. The van der Waals surface area contributed by atoms with E-state index in [9.17, 15) is 0 Å². The van der Waals surface area contributed by atoms with Crippen LogP contribution in [0.15, 0.2) is 12.1 Å². The Bertz CT molecular complexity index is 419. The van der Waals surface area contributed by atoms with Gasteiger partial charge < -0.3 is 14.8 Å². The molecule has 0 aliphatic rings. The third kappa shape index (κ3) is 5.59. The van der Waals surface area contributed by atoms with Crippen molar-refractivity contribution in [3.8, 4) is 11.5 Å². The maximum atomic E-state index is 6.32. The molecule has 0 radical (unpaired) electrons.